The molecule has 4 heteroatoms. The van der Waals surface area contributed by atoms with E-state index in [4.69, 9.17) is 15.2 Å². The highest BCUT2D eigenvalue weighted by Gasteiger charge is 2.09. The highest BCUT2D eigenvalue weighted by Crippen LogP contribution is 2.30. The van der Waals surface area contributed by atoms with Gasteiger partial charge < -0.3 is 15.2 Å². The van der Waals surface area contributed by atoms with Crippen molar-refractivity contribution in [3.63, 3.8) is 0 Å². The van der Waals surface area contributed by atoms with Gasteiger partial charge in [0.15, 0.2) is 11.5 Å². The zero-order chi connectivity index (χ0) is 14.1. The van der Waals surface area contributed by atoms with Gasteiger partial charge in [0, 0.05) is 11.8 Å². The van der Waals surface area contributed by atoms with Gasteiger partial charge in [-0.2, -0.15) is 0 Å². The molecule has 0 saturated heterocycles. The summed E-state index contributed by atoms with van der Waals surface area (Å²) in [6.45, 7) is 4.34. The third kappa shape index (κ3) is 6.90. The average Bonchev–Trinajstić information content (AvgIpc) is 2.40. The minimum Gasteiger partial charge on any atom is -0.493 e. The first kappa shape index (κ1) is 18.9. The fraction of sp³-hybridized carbons (Fsp3) is 0.625. The van der Waals surface area contributed by atoms with Gasteiger partial charge in [-0.3, -0.25) is 0 Å². The lowest BCUT2D eigenvalue weighted by atomic mass is 10.1. The Labute approximate surface area is 129 Å². The van der Waals surface area contributed by atoms with E-state index in [1.54, 1.807) is 13.2 Å². The van der Waals surface area contributed by atoms with Gasteiger partial charge in [0.2, 0.25) is 0 Å². The van der Waals surface area contributed by atoms with E-state index in [1.165, 1.54) is 32.1 Å². The van der Waals surface area contributed by atoms with E-state index in [9.17, 15) is 0 Å². The molecule has 0 spiro atoms. The van der Waals surface area contributed by atoms with Crippen LogP contribution in [-0.2, 0) is 0 Å². The zero-order valence-electron chi connectivity index (χ0n) is 12.9. The molecule has 0 aromatic heterocycles. The first-order chi connectivity index (χ1) is 9.17. The van der Waals surface area contributed by atoms with Gasteiger partial charge in [0.1, 0.15) is 0 Å². The van der Waals surface area contributed by atoms with Crippen molar-refractivity contribution in [3.05, 3.63) is 18.2 Å². The number of nitrogen functional groups attached to an aromatic ring is 1. The number of methoxy groups -OCH3 is 1. The predicted molar refractivity (Wildman–Crippen MR) is 88.1 cm³/mol. The van der Waals surface area contributed by atoms with Gasteiger partial charge in [0.05, 0.1) is 13.2 Å². The molecule has 1 aromatic carbocycles. The third-order valence-corrected chi connectivity index (χ3v) is 3.23. The van der Waals surface area contributed by atoms with Gasteiger partial charge in [-0.1, -0.05) is 32.6 Å². The molecule has 3 nitrogen and oxygen atoms in total. The number of halogens is 1. The molecule has 2 N–H and O–H groups in total. The van der Waals surface area contributed by atoms with Crippen LogP contribution in [0.5, 0.6) is 11.5 Å². The molecule has 1 rings (SSSR count). The number of unbranched alkanes of at least 4 members (excludes halogenated alkanes) is 4. The van der Waals surface area contributed by atoms with Crippen molar-refractivity contribution in [3.8, 4) is 11.5 Å². The average molecular weight is 302 g/mol. The summed E-state index contributed by atoms with van der Waals surface area (Å²) in [5.41, 5.74) is 6.42. The van der Waals surface area contributed by atoms with Crippen molar-refractivity contribution < 1.29 is 9.47 Å². The lowest BCUT2D eigenvalue weighted by Crippen LogP contribution is -2.12. The topological polar surface area (TPSA) is 44.5 Å². The Morgan fingerprint density at radius 1 is 1.10 bits per heavy atom. The summed E-state index contributed by atoms with van der Waals surface area (Å²) in [6.07, 6.45) is 7.75. The number of ether oxygens (including phenoxy) is 2. The van der Waals surface area contributed by atoms with E-state index in [1.807, 2.05) is 12.1 Å². The molecule has 116 valence electrons. The van der Waals surface area contributed by atoms with E-state index in [2.05, 4.69) is 13.8 Å². The molecule has 0 heterocycles. The fourth-order valence-corrected chi connectivity index (χ4v) is 2.09. The molecular weight excluding hydrogens is 274 g/mol. The summed E-state index contributed by atoms with van der Waals surface area (Å²) in [4.78, 5) is 0. The highest BCUT2D eigenvalue weighted by molar-refractivity contribution is 5.85. The number of nitrogens with two attached hydrogens (primary N) is 1. The Hall–Kier alpha value is -1.09. The van der Waals surface area contributed by atoms with Crippen molar-refractivity contribution in [1.29, 1.82) is 0 Å². The first-order valence-corrected chi connectivity index (χ1v) is 7.27. The van der Waals surface area contributed by atoms with Crippen molar-refractivity contribution in [2.45, 2.75) is 58.5 Å². The van der Waals surface area contributed by atoms with E-state index in [0.717, 1.165) is 12.2 Å². The van der Waals surface area contributed by atoms with Crippen LogP contribution in [0.2, 0.25) is 0 Å². The molecule has 1 aromatic rings. The quantitative estimate of drug-likeness (QED) is 0.525. The second-order valence-corrected chi connectivity index (χ2v) is 5.04. The highest BCUT2D eigenvalue weighted by atomic mass is 35.5. The van der Waals surface area contributed by atoms with Crippen LogP contribution in [0.1, 0.15) is 52.4 Å². The van der Waals surface area contributed by atoms with Crippen molar-refractivity contribution in [1.82, 2.24) is 0 Å². The number of rotatable bonds is 9. The normalized spacial score (nSPS) is 11.6. The zero-order valence-corrected chi connectivity index (χ0v) is 13.7. The summed E-state index contributed by atoms with van der Waals surface area (Å²) < 4.78 is 11.2. The Bertz CT molecular complexity index is 371. The summed E-state index contributed by atoms with van der Waals surface area (Å²) in [6, 6.07) is 5.51. The van der Waals surface area contributed by atoms with E-state index in [-0.39, 0.29) is 18.5 Å². The Morgan fingerprint density at radius 3 is 2.45 bits per heavy atom. The van der Waals surface area contributed by atoms with Crippen LogP contribution in [0.15, 0.2) is 18.2 Å². The smallest absolute Gasteiger partial charge is 0.162 e. The lowest BCUT2D eigenvalue weighted by molar-refractivity contribution is 0.197. The molecule has 0 aliphatic heterocycles. The molecule has 0 radical (unpaired) electrons. The van der Waals surface area contributed by atoms with Gasteiger partial charge in [-0.25, -0.2) is 0 Å². The Kier molecular flexibility index (Phi) is 10.1. The molecule has 1 atom stereocenters. The number of anilines is 1. The van der Waals surface area contributed by atoms with Gasteiger partial charge in [-0.05, 0) is 31.9 Å². The van der Waals surface area contributed by atoms with Gasteiger partial charge in [0.25, 0.3) is 0 Å². The molecule has 1 unspecified atom stereocenters. The minimum absolute atomic E-state index is 0. The number of hydrogen-bond acceptors (Lipinski definition) is 3. The van der Waals surface area contributed by atoms with Crippen molar-refractivity contribution in [2.75, 3.05) is 12.8 Å². The van der Waals surface area contributed by atoms with Crippen LogP contribution in [0.4, 0.5) is 5.69 Å². The van der Waals surface area contributed by atoms with E-state index in [0.29, 0.717) is 11.4 Å². The summed E-state index contributed by atoms with van der Waals surface area (Å²) in [7, 11) is 1.64. The van der Waals surface area contributed by atoms with Gasteiger partial charge >= 0.3 is 0 Å². The second-order valence-electron chi connectivity index (χ2n) is 5.04. The summed E-state index contributed by atoms with van der Waals surface area (Å²) >= 11 is 0. The van der Waals surface area contributed by atoms with Crippen LogP contribution in [0, 0.1) is 0 Å². The van der Waals surface area contributed by atoms with Crippen molar-refractivity contribution in [2.24, 2.45) is 0 Å². The molecule has 0 amide bonds. The lowest BCUT2D eigenvalue weighted by Gasteiger charge is -2.17. The Morgan fingerprint density at radius 2 is 1.80 bits per heavy atom. The monoisotopic (exact) mass is 301 g/mol. The van der Waals surface area contributed by atoms with Crippen LogP contribution in [0.3, 0.4) is 0 Å². The van der Waals surface area contributed by atoms with Gasteiger partial charge in [-0.15, -0.1) is 12.4 Å². The molecule has 0 fully saturated rings. The largest absolute Gasteiger partial charge is 0.493 e. The molecule has 0 bridgehead atoms. The van der Waals surface area contributed by atoms with Crippen LogP contribution in [0.25, 0.3) is 0 Å². The Balaban J connectivity index is 0.00000361. The molecular formula is C16H28ClNO2. The SMILES string of the molecule is CCCCCCCC(C)Oc1ccc(N)cc1OC.Cl. The minimum atomic E-state index is 0. The number of hydrogen-bond donors (Lipinski definition) is 1. The third-order valence-electron chi connectivity index (χ3n) is 3.23. The van der Waals surface area contributed by atoms with Crippen molar-refractivity contribution >= 4 is 18.1 Å². The fourth-order valence-electron chi connectivity index (χ4n) is 2.09. The molecule has 20 heavy (non-hydrogen) atoms. The summed E-state index contributed by atoms with van der Waals surface area (Å²) in [5, 5.41) is 0. The maximum absolute atomic E-state index is 5.92. The molecule has 0 saturated carbocycles. The van der Waals surface area contributed by atoms with Crippen LogP contribution >= 0.6 is 12.4 Å². The molecule has 0 aliphatic carbocycles. The van der Waals surface area contributed by atoms with E-state index >= 15 is 0 Å². The van der Waals surface area contributed by atoms with Crippen LogP contribution < -0.4 is 15.2 Å². The number of benzene rings is 1. The summed E-state index contributed by atoms with van der Waals surface area (Å²) in [5.74, 6) is 1.48. The maximum Gasteiger partial charge on any atom is 0.162 e. The second kappa shape index (κ2) is 10.7. The van der Waals surface area contributed by atoms with E-state index < -0.39 is 0 Å². The molecule has 0 aliphatic rings. The first-order valence-electron chi connectivity index (χ1n) is 7.27. The predicted octanol–water partition coefficient (Wildman–Crippen LogP) is 4.83. The maximum atomic E-state index is 5.92. The van der Waals surface area contributed by atoms with Crippen LogP contribution in [-0.4, -0.2) is 13.2 Å². The standard InChI is InChI=1S/C16H27NO2.ClH/c1-4-5-6-7-8-9-13(2)19-15-11-10-14(17)12-16(15)18-3;/h10-13H,4-9,17H2,1-3H3;1H.